The van der Waals surface area contributed by atoms with E-state index in [1.54, 1.807) is 39.8 Å². The molecule has 0 saturated heterocycles. The van der Waals surface area contributed by atoms with Crippen LogP contribution in [-0.2, 0) is 19.6 Å². The van der Waals surface area contributed by atoms with E-state index in [1.165, 1.54) is 12.1 Å². The van der Waals surface area contributed by atoms with Gasteiger partial charge in [-0.1, -0.05) is 17.7 Å². The molecule has 0 spiro atoms. The number of benzene rings is 1. The fourth-order valence-electron chi connectivity index (χ4n) is 3.14. The molecule has 1 aliphatic carbocycles. The van der Waals surface area contributed by atoms with Crippen molar-refractivity contribution in [1.82, 2.24) is 4.72 Å². The van der Waals surface area contributed by atoms with Gasteiger partial charge in [-0.3, -0.25) is 9.59 Å². The van der Waals surface area contributed by atoms with Crippen LogP contribution >= 0.6 is 0 Å². The predicted octanol–water partition coefficient (Wildman–Crippen LogP) is 3.00. The standard InChI is InChI=1S/C22H29NO5S/c1-14-6-8-17(9-7-14)29(27,28)23-13-11-19-18(10-12-22(4,5)26)20(24)15(2)16(3)21(19)25/h6-9,23,26H,10-13H2,1-5H3. The first-order chi connectivity index (χ1) is 13.3. The zero-order valence-corrected chi connectivity index (χ0v) is 18.4. The quantitative estimate of drug-likeness (QED) is 0.631. The van der Waals surface area contributed by atoms with E-state index in [4.69, 9.17) is 0 Å². The maximum Gasteiger partial charge on any atom is 0.240 e. The molecule has 6 nitrogen and oxygen atoms in total. The summed E-state index contributed by atoms with van der Waals surface area (Å²) in [4.78, 5) is 25.7. The van der Waals surface area contributed by atoms with E-state index >= 15 is 0 Å². The topological polar surface area (TPSA) is 101 Å². The number of allylic oxidation sites excluding steroid dienone is 3. The maximum absolute atomic E-state index is 12.8. The van der Waals surface area contributed by atoms with Gasteiger partial charge in [-0.15, -0.1) is 0 Å². The summed E-state index contributed by atoms with van der Waals surface area (Å²) in [6.45, 7) is 8.39. The van der Waals surface area contributed by atoms with Crippen molar-refractivity contribution in [2.75, 3.05) is 6.54 Å². The van der Waals surface area contributed by atoms with Gasteiger partial charge >= 0.3 is 0 Å². The van der Waals surface area contributed by atoms with Crippen LogP contribution in [0.4, 0.5) is 0 Å². The number of Topliss-reactive ketones (excluding diaryl/α,β-unsaturated/α-hetero) is 2. The monoisotopic (exact) mass is 419 g/mol. The third kappa shape index (κ3) is 5.72. The number of sulfonamides is 1. The molecule has 1 aromatic rings. The highest BCUT2D eigenvalue weighted by Crippen LogP contribution is 2.30. The van der Waals surface area contributed by atoms with Gasteiger partial charge in [-0.2, -0.15) is 0 Å². The van der Waals surface area contributed by atoms with Crippen molar-refractivity contribution in [2.45, 2.75) is 64.4 Å². The average molecular weight is 420 g/mol. The molecule has 7 heteroatoms. The highest BCUT2D eigenvalue weighted by atomic mass is 32.2. The predicted molar refractivity (Wildman–Crippen MR) is 112 cm³/mol. The van der Waals surface area contributed by atoms with Gasteiger partial charge in [-0.25, -0.2) is 13.1 Å². The van der Waals surface area contributed by atoms with E-state index < -0.39 is 15.6 Å². The zero-order valence-electron chi connectivity index (χ0n) is 17.6. The molecular formula is C22H29NO5S. The molecule has 0 saturated carbocycles. The number of ketones is 2. The lowest BCUT2D eigenvalue weighted by atomic mass is 9.81. The highest BCUT2D eigenvalue weighted by molar-refractivity contribution is 7.89. The summed E-state index contributed by atoms with van der Waals surface area (Å²) in [6, 6.07) is 6.48. The summed E-state index contributed by atoms with van der Waals surface area (Å²) in [6.07, 6.45) is 0.701. The summed E-state index contributed by atoms with van der Waals surface area (Å²) in [5.41, 5.74) is 1.47. The first kappa shape index (κ1) is 23.2. The Labute approximate surface area is 172 Å². The average Bonchev–Trinajstić information content (AvgIpc) is 2.63. The van der Waals surface area contributed by atoms with E-state index in [0.29, 0.717) is 28.7 Å². The Morgan fingerprint density at radius 3 is 1.86 bits per heavy atom. The minimum atomic E-state index is -3.71. The van der Waals surface area contributed by atoms with Crippen molar-refractivity contribution in [2.24, 2.45) is 0 Å². The first-order valence-electron chi connectivity index (χ1n) is 9.61. The first-order valence-corrected chi connectivity index (χ1v) is 11.1. The number of hydrogen-bond acceptors (Lipinski definition) is 5. The molecule has 0 unspecified atom stereocenters. The third-order valence-corrected chi connectivity index (χ3v) is 6.62. The van der Waals surface area contributed by atoms with Gasteiger partial charge < -0.3 is 5.11 Å². The molecule has 0 heterocycles. The summed E-state index contributed by atoms with van der Waals surface area (Å²) >= 11 is 0. The van der Waals surface area contributed by atoms with Crippen molar-refractivity contribution in [3.05, 3.63) is 52.1 Å². The summed E-state index contributed by atoms with van der Waals surface area (Å²) in [5.74, 6) is -0.440. The second kappa shape index (κ2) is 8.73. The van der Waals surface area contributed by atoms with Crippen molar-refractivity contribution in [3.63, 3.8) is 0 Å². The number of carbonyl (C=O) groups excluding carboxylic acids is 2. The van der Waals surface area contributed by atoms with Gasteiger partial charge in [0.05, 0.1) is 10.5 Å². The van der Waals surface area contributed by atoms with Gasteiger partial charge in [-0.05, 0) is 66.0 Å². The van der Waals surface area contributed by atoms with Gasteiger partial charge in [0.2, 0.25) is 10.0 Å². The van der Waals surface area contributed by atoms with Crippen molar-refractivity contribution >= 4 is 21.6 Å². The van der Waals surface area contributed by atoms with Gasteiger partial charge in [0.1, 0.15) is 0 Å². The van der Waals surface area contributed by atoms with Gasteiger partial charge in [0, 0.05) is 28.8 Å². The molecule has 1 aliphatic rings. The minimum absolute atomic E-state index is 0.00289. The van der Waals surface area contributed by atoms with Crippen LogP contribution in [-0.4, -0.2) is 37.2 Å². The van der Waals surface area contributed by atoms with Crippen LogP contribution < -0.4 is 4.72 Å². The van der Waals surface area contributed by atoms with E-state index in [-0.39, 0.29) is 35.8 Å². The number of carbonyl (C=O) groups is 2. The maximum atomic E-state index is 12.8. The molecule has 0 fully saturated rings. The molecule has 158 valence electrons. The van der Waals surface area contributed by atoms with Crippen molar-refractivity contribution < 1.29 is 23.1 Å². The number of aryl methyl sites for hydroxylation is 1. The van der Waals surface area contributed by atoms with Crippen LogP contribution in [0.3, 0.4) is 0 Å². The lowest BCUT2D eigenvalue weighted by Gasteiger charge is -2.23. The fourth-order valence-corrected chi connectivity index (χ4v) is 4.17. The number of aliphatic hydroxyl groups is 1. The van der Waals surface area contributed by atoms with Crippen LogP contribution in [0.2, 0.25) is 0 Å². The lowest BCUT2D eigenvalue weighted by Crippen LogP contribution is -2.29. The Balaban J connectivity index is 2.21. The van der Waals surface area contributed by atoms with Crippen LogP contribution in [0, 0.1) is 6.92 Å². The Kier molecular flexibility index (Phi) is 6.98. The van der Waals surface area contributed by atoms with Crippen LogP contribution in [0.15, 0.2) is 51.5 Å². The number of rotatable bonds is 8. The molecule has 2 N–H and O–H groups in total. The molecule has 2 rings (SSSR count). The van der Waals surface area contributed by atoms with Crippen LogP contribution in [0.5, 0.6) is 0 Å². The van der Waals surface area contributed by atoms with Crippen LogP contribution in [0.25, 0.3) is 0 Å². The molecule has 0 aromatic heterocycles. The molecule has 0 bridgehead atoms. The molecule has 0 aliphatic heterocycles. The van der Waals surface area contributed by atoms with Crippen LogP contribution in [0.1, 0.15) is 52.5 Å². The zero-order chi connectivity index (χ0) is 22.0. The van der Waals surface area contributed by atoms with Crippen molar-refractivity contribution in [3.8, 4) is 0 Å². The Morgan fingerprint density at radius 2 is 1.38 bits per heavy atom. The smallest absolute Gasteiger partial charge is 0.240 e. The summed E-state index contributed by atoms with van der Waals surface area (Å²) in [7, 11) is -3.71. The van der Waals surface area contributed by atoms with E-state index in [9.17, 15) is 23.1 Å². The minimum Gasteiger partial charge on any atom is -0.390 e. The second-order valence-corrected chi connectivity index (χ2v) is 9.91. The van der Waals surface area contributed by atoms with Gasteiger partial charge in [0.15, 0.2) is 11.6 Å². The molecule has 29 heavy (non-hydrogen) atoms. The third-order valence-electron chi connectivity index (χ3n) is 5.14. The second-order valence-electron chi connectivity index (χ2n) is 8.14. The van der Waals surface area contributed by atoms with E-state index in [2.05, 4.69) is 4.72 Å². The highest BCUT2D eigenvalue weighted by Gasteiger charge is 2.31. The fraction of sp³-hybridized carbons (Fsp3) is 0.455. The van der Waals surface area contributed by atoms with E-state index in [1.807, 2.05) is 6.92 Å². The number of hydrogen-bond donors (Lipinski definition) is 2. The lowest BCUT2D eigenvalue weighted by molar-refractivity contribution is -0.116. The Morgan fingerprint density at radius 1 is 0.897 bits per heavy atom. The molecule has 1 aromatic carbocycles. The number of nitrogens with one attached hydrogen (secondary N) is 1. The van der Waals surface area contributed by atoms with E-state index in [0.717, 1.165) is 5.56 Å². The molecule has 0 radical (unpaired) electrons. The Hall–Kier alpha value is -2.09. The largest absolute Gasteiger partial charge is 0.390 e. The summed E-state index contributed by atoms with van der Waals surface area (Å²) in [5, 5.41) is 10.0. The summed E-state index contributed by atoms with van der Waals surface area (Å²) < 4.78 is 27.4. The molecular weight excluding hydrogens is 390 g/mol. The molecule has 0 atom stereocenters. The van der Waals surface area contributed by atoms with Gasteiger partial charge in [0.25, 0.3) is 0 Å². The van der Waals surface area contributed by atoms with Crippen molar-refractivity contribution in [1.29, 1.82) is 0 Å². The Bertz CT molecular complexity index is 977. The molecule has 0 amide bonds. The SMILES string of the molecule is CC1=C(C)C(=O)C(CCC(C)(C)O)=C(CCNS(=O)(=O)c2ccc(C)cc2)C1=O. The normalized spacial score (nSPS) is 16.1.